The molecule has 0 fully saturated rings. The second-order valence-corrected chi connectivity index (χ2v) is 9.79. The highest BCUT2D eigenvalue weighted by Gasteiger charge is 2.33. The summed E-state index contributed by atoms with van der Waals surface area (Å²) in [4.78, 5) is 9.80. The maximum atomic E-state index is 12.9. The van der Waals surface area contributed by atoms with Crippen LogP contribution in [-0.2, 0) is 18.0 Å². The first-order valence-corrected chi connectivity index (χ1v) is 11.9. The molecule has 0 aliphatic carbocycles. The fourth-order valence-corrected chi connectivity index (χ4v) is 4.08. The smallest absolute Gasteiger partial charge is 0.358 e. The molecule has 2 heterocycles. The van der Waals surface area contributed by atoms with E-state index in [1.165, 1.54) is 16.5 Å². The standard InChI is InChI=1S/C27H28F3N3S/c1-6-34-23-11-7-20(8-12-23)15-18(2)33-22-10-13-24(31-17-22)19(3)26(4,5)25-14-9-21(16-32-25)27(28,29)30/h7-14,16-17,33H,2-3,6,15H2,1,4-5H3. The van der Waals surface area contributed by atoms with Crippen LogP contribution in [0, 0.1) is 0 Å². The topological polar surface area (TPSA) is 37.8 Å². The zero-order valence-electron chi connectivity index (χ0n) is 19.5. The van der Waals surface area contributed by atoms with Gasteiger partial charge in [-0.25, -0.2) is 0 Å². The van der Waals surface area contributed by atoms with Gasteiger partial charge in [0.25, 0.3) is 0 Å². The average molecular weight is 484 g/mol. The molecule has 0 amide bonds. The molecule has 2 aromatic heterocycles. The molecule has 3 rings (SSSR count). The maximum Gasteiger partial charge on any atom is 0.417 e. The number of aromatic nitrogens is 2. The fourth-order valence-electron chi connectivity index (χ4n) is 3.42. The number of pyridine rings is 2. The molecule has 3 nitrogen and oxygen atoms in total. The number of hydrogen-bond acceptors (Lipinski definition) is 4. The van der Waals surface area contributed by atoms with Crippen LogP contribution in [0.15, 0.2) is 84.7 Å². The van der Waals surface area contributed by atoms with Gasteiger partial charge in [-0.15, -0.1) is 11.8 Å². The molecule has 0 unspecified atom stereocenters. The Kier molecular flexibility index (Phi) is 7.87. The second-order valence-electron chi connectivity index (χ2n) is 8.45. The van der Waals surface area contributed by atoms with Crippen LogP contribution in [0.4, 0.5) is 18.9 Å². The summed E-state index contributed by atoms with van der Waals surface area (Å²) in [6, 6.07) is 14.6. The van der Waals surface area contributed by atoms with E-state index in [2.05, 4.69) is 59.6 Å². The minimum atomic E-state index is -4.42. The lowest BCUT2D eigenvalue weighted by Crippen LogP contribution is -2.21. The number of hydrogen-bond donors (Lipinski definition) is 1. The van der Waals surface area contributed by atoms with Gasteiger partial charge in [-0.2, -0.15) is 13.2 Å². The quantitative estimate of drug-likeness (QED) is 0.316. The van der Waals surface area contributed by atoms with Gasteiger partial charge in [-0.05, 0) is 53.3 Å². The lowest BCUT2D eigenvalue weighted by atomic mass is 9.79. The monoisotopic (exact) mass is 483 g/mol. The first-order valence-electron chi connectivity index (χ1n) is 10.9. The SMILES string of the molecule is C=C(Cc1ccc(SCC)cc1)Nc1ccc(C(=C)C(C)(C)c2ccc(C(F)(F)F)cn2)nc1. The van der Waals surface area contributed by atoms with Gasteiger partial charge in [0.1, 0.15) is 0 Å². The highest BCUT2D eigenvalue weighted by molar-refractivity contribution is 7.99. The van der Waals surface area contributed by atoms with Crippen molar-refractivity contribution in [1.82, 2.24) is 9.97 Å². The number of allylic oxidation sites excluding steroid dienone is 2. The zero-order valence-corrected chi connectivity index (χ0v) is 20.4. The molecule has 7 heteroatoms. The molecule has 0 saturated heterocycles. The second kappa shape index (κ2) is 10.5. The first kappa shape index (κ1) is 25.6. The Balaban J connectivity index is 1.64. The summed E-state index contributed by atoms with van der Waals surface area (Å²) >= 11 is 1.81. The van der Waals surface area contributed by atoms with Gasteiger partial charge >= 0.3 is 6.18 Å². The van der Waals surface area contributed by atoms with E-state index in [9.17, 15) is 13.2 Å². The highest BCUT2D eigenvalue weighted by Crippen LogP contribution is 2.36. The van der Waals surface area contributed by atoms with Crippen LogP contribution in [0.1, 0.15) is 43.3 Å². The number of thioether (sulfide) groups is 1. The molecule has 0 saturated carbocycles. The van der Waals surface area contributed by atoms with E-state index in [-0.39, 0.29) is 0 Å². The van der Waals surface area contributed by atoms with E-state index >= 15 is 0 Å². The number of nitrogens with zero attached hydrogens (tertiary/aromatic N) is 2. The predicted molar refractivity (Wildman–Crippen MR) is 135 cm³/mol. The first-order chi connectivity index (χ1) is 16.0. The number of nitrogens with one attached hydrogen (secondary N) is 1. The Hall–Kier alpha value is -3.06. The average Bonchev–Trinajstić information content (AvgIpc) is 2.80. The van der Waals surface area contributed by atoms with Crippen molar-refractivity contribution < 1.29 is 13.2 Å². The van der Waals surface area contributed by atoms with Crippen LogP contribution in [-0.4, -0.2) is 15.7 Å². The predicted octanol–water partition coefficient (Wildman–Crippen LogP) is 7.77. The highest BCUT2D eigenvalue weighted by atomic mass is 32.2. The van der Waals surface area contributed by atoms with Crippen molar-refractivity contribution >= 4 is 23.0 Å². The van der Waals surface area contributed by atoms with Crippen LogP contribution in [0.2, 0.25) is 0 Å². The molecule has 178 valence electrons. The van der Waals surface area contributed by atoms with E-state index in [0.717, 1.165) is 29.4 Å². The van der Waals surface area contributed by atoms with Crippen LogP contribution < -0.4 is 5.32 Å². The van der Waals surface area contributed by atoms with Gasteiger partial charge in [0.2, 0.25) is 0 Å². The minimum absolute atomic E-state index is 0.492. The molecule has 0 spiro atoms. The summed E-state index contributed by atoms with van der Waals surface area (Å²) in [6.07, 6.45) is -1.17. The fraction of sp³-hybridized carbons (Fsp3) is 0.259. The van der Waals surface area contributed by atoms with E-state index in [1.807, 2.05) is 37.7 Å². The van der Waals surface area contributed by atoms with Gasteiger partial charge in [-0.3, -0.25) is 9.97 Å². The van der Waals surface area contributed by atoms with Crippen molar-refractivity contribution in [3.63, 3.8) is 0 Å². The molecule has 0 bridgehead atoms. The molecule has 34 heavy (non-hydrogen) atoms. The molecular weight excluding hydrogens is 455 g/mol. The minimum Gasteiger partial charge on any atom is -0.358 e. The summed E-state index contributed by atoms with van der Waals surface area (Å²) in [5.74, 6) is 1.04. The lowest BCUT2D eigenvalue weighted by molar-refractivity contribution is -0.137. The molecule has 0 atom stereocenters. The Labute approximate surface area is 203 Å². The number of anilines is 1. The van der Waals surface area contributed by atoms with Crippen LogP contribution in [0.3, 0.4) is 0 Å². The van der Waals surface area contributed by atoms with Crippen molar-refractivity contribution in [3.8, 4) is 0 Å². The van der Waals surface area contributed by atoms with Gasteiger partial charge in [0, 0.05) is 28.6 Å². The third kappa shape index (κ3) is 6.29. The van der Waals surface area contributed by atoms with Crippen LogP contribution in [0.5, 0.6) is 0 Å². The molecular formula is C27H28F3N3S. The summed E-state index contributed by atoms with van der Waals surface area (Å²) < 4.78 is 38.6. The number of halogens is 3. The summed E-state index contributed by atoms with van der Waals surface area (Å²) in [6.45, 7) is 14.1. The Morgan fingerprint density at radius 1 is 0.941 bits per heavy atom. The number of alkyl halides is 3. The Morgan fingerprint density at radius 2 is 1.65 bits per heavy atom. The Bertz CT molecular complexity index is 1130. The van der Waals surface area contributed by atoms with Crippen molar-refractivity contribution in [2.75, 3.05) is 11.1 Å². The maximum absolute atomic E-state index is 12.9. The third-order valence-corrected chi connectivity index (χ3v) is 6.43. The van der Waals surface area contributed by atoms with Crippen molar-refractivity contribution in [1.29, 1.82) is 0 Å². The van der Waals surface area contributed by atoms with E-state index in [0.29, 0.717) is 23.4 Å². The molecule has 1 N–H and O–H groups in total. The normalized spacial score (nSPS) is 11.8. The zero-order chi connectivity index (χ0) is 24.9. The summed E-state index contributed by atoms with van der Waals surface area (Å²) in [7, 11) is 0. The largest absolute Gasteiger partial charge is 0.417 e. The van der Waals surface area contributed by atoms with Gasteiger partial charge in [0.05, 0.1) is 28.8 Å². The lowest BCUT2D eigenvalue weighted by Gasteiger charge is -2.27. The van der Waals surface area contributed by atoms with Gasteiger partial charge in [-0.1, -0.05) is 46.1 Å². The van der Waals surface area contributed by atoms with E-state index in [1.54, 1.807) is 6.20 Å². The molecule has 0 aliphatic rings. The van der Waals surface area contributed by atoms with Gasteiger partial charge < -0.3 is 5.32 Å². The molecule has 0 radical (unpaired) electrons. The van der Waals surface area contributed by atoms with Crippen LogP contribution in [0.25, 0.3) is 5.57 Å². The molecule has 1 aromatic carbocycles. The summed E-state index contributed by atoms with van der Waals surface area (Å²) in [5.41, 5.74) is 3.14. The van der Waals surface area contributed by atoms with E-state index < -0.39 is 17.2 Å². The van der Waals surface area contributed by atoms with Crippen molar-refractivity contribution in [2.45, 2.75) is 43.7 Å². The van der Waals surface area contributed by atoms with Gasteiger partial charge in [0.15, 0.2) is 0 Å². The Morgan fingerprint density at radius 3 is 2.18 bits per heavy atom. The molecule has 3 aromatic rings. The molecule has 0 aliphatic heterocycles. The van der Waals surface area contributed by atoms with Crippen molar-refractivity contribution in [2.24, 2.45) is 0 Å². The van der Waals surface area contributed by atoms with Crippen LogP contribution >= 0.6 is 11.8 Å². The summed E-state index contributed by atoms with van der Waals surface area (Å²) in [5, 5.41) is 3.28. The van der Waals surface area contributed by atoms with Crippen molar-refractivity contribution in [3.05, 3.63) is 102 Å². The third-order valence-electron chi connectivity index (χ3n) is 5.53. The number of rotatable bonds is 9. The van der Waals surface area contributed by atoms with E-state index in [4.69, 9.17) is 0 Å². The number of benzene rings is 1.